The van der Waals surface area contributed by atoms with E-state index in [2.05, 4.69) is 14.5 Å². The van der Waals surface area contributed by atoms with Crippen LogP contribution < -0.4 is 4.74 Å². The molecule has 1 aromatic heterocycles. The zero-order valence-corrected chi connectivity index (χ0v) is 10.7. The lowest BCUT2D eigenvalue weighted by molar-refractivity contribution is -0.391. The van der Waals surface area contributed by atoms with Gasteiger partial charge in [0.2, 0.25) is 0 Å². The van der Waals surface area contributed by atoms with E-state index in [1.807, 2.05) is 0 Å². The van der Waals surface area contributed by atoms with E-state index in [4.69, 9.17) is 0 Å². The number of aromatic nitrogens is 1. The monoisotopic (exact) mass is 330 g/mol. The number of esters is 1. The van der Waals surface area contributed by atoms with Crippen molar-refractivity contribution in [1.29, 1.82) is 0 Å². The van der Waals surface area contributed by atoms with Gasteiger partial charge in [-0.25, -0.2) is 8.78 Å². The van der Waals surface area contributed by atoms with Gasteiger partial charge in [-0.3, -0.25) is 4.79 Å². The summed E-state index contributed by atoms with van der Waals surface area (Å²) < 4.78 is 70.3. The summed E-state index contributed by atoms with van der Waals surface area (Å²) in [5.74, 6) is -3.79. The Morgan fingerprint density at radius 1 is 1.45 bits per heavy atom. The molecule has 0 saturated carbocycles. The Morgan fingerprint density at radius 2 is 2.05 bits per heavy atom. The second-order valence-electron chi connectivity index (χ2n) is 3.70. The van der Waals surface area contributed by atoms with Crippen molar-refractivity contribution in [3.8, 4) is 5.75 Å². The van der Waals surface area contributed by atoms with Crippen molar-refractivity contribution in [1.82, 2.24) is 4.98 Å². The molecule has 0 amide bonds. The molecule has 22 heavy (non-hydrogen) atoms. The van der Waals surface area contributed by atoms with Crippen molar-refractivity contribution in [2.75, 3.05) is 7.11 Å². The van der Waals surface area contributed by atoms with Gasteiger partial charge in [-0.15, -0.1) is 13.2 Å². The average molecular weight is 330 g/mol. The largest absolute Gasteiger partial charge is 0.573 e. The van der Waals surface area contributed by atoms with Gasteiger partial charge in [-0.05, 0) is 9.91 Å². The van der Waals surface area contributed by atoms with Gasteiger partial charge in [0.1, 0.15) is 5.56 Å². The number of rotatable bonds is 5. The molecule has 0 aliphatic rings. The maximum absolute atomic E-state index is 13.0. The topological polar surface area (TPSA) is 91.6 Å². The quantitative estimate of drug-likeness (QED) is 0.357. The van der Waals surface area contributed by atoms with Crippen molar-refractivity contribution in [3.63, 3.8) is 0 Å². The summed E-state index contributed by atoms with van der Waals surface area (Å²) in [4.78, 5) is 23.4. The molecule has 0 spiro atoms. The van der Waals surface area contributed by atoms with Gasteiger partial charge in [0.25, 0.3) is 6.43 Å². The summed E-state index contributed by atoms with van der Waals surface area (Å²) in [5.41, 5.74) is -2.45. The number of ether oxygens (including phenoxy) is 2. The minimum absolute atomic E-state index is 0.246. The highest BCUT2D eigenvalue weighted by Crippen LogP contribution is 2.37. The number of methoxy groups -OCH3 is 1. The third kappa shape index (κ3) is 4.23. The first kappa shape index (κ1) is 17.5. The van der Waals surface area contributed by atoms with E-state index >= 15 is 0 Å². The average Bonchev–Trinajstić information content (AvgIpc) is 2.37. The molecule has 0 atom stereocenters. The molecule has 0 N–H and O–H groups in total. The molecule has 0 unspecified atom stereocenters. The number of alkyl halides is 5. The van der Waals surface area contributed by atoms with Gasteiger partial charge in [0, 0.05) is 5.56 Å². The van der Waals surface area contributed by atoms with Crippen LogP contribution in [0.25, 0.3) is 0 Å². The number of carbonyl (C=O) groups excluding carboxylic acids is 1. The Morgan fingerprint density at radius 3 is 2.45 bits per heavy atom. The van der Waals surface area contributed by atoms with Crippen molar-refractivity contribution in [2.24, 2.45) is 0 Å². The Labute approximate surface area is 118 Å². The summed E-state index contributed by atoms with van der Waals surface area (Å²) in [6.07, 6.45) is -9.65. The van der Waals surface area contributed by atoms with Crippen LogP contribution in [-0.4, -0.2) is 29.3 Å². The molecule has 0 aromatic carbocycles. The Bertz CT molecular complexity index is 590. The third-order valence-electron chi connectivity index (χ3n) is 2.33. The van der Waals surface area contributed by atoms with E-state index in [0.717, 1.165) is 7.11 Å². The number of nitrogens with zero attached hydrogens (tertiary/aromatic N) is 2. The lowest BCUT2D eigenvalue weighted by atomic mass is 10.1. The van der Waals surface area contributed by atoms with E-state index in [1.165, 1.54) is 0 Å². The molecule has 0 radical (unpaired) electrons. The van der Waals surface area contributed by atoms with Crippen LogP contribution in [0.15, 0.2) is 6.20 Å². The molecule has 0 saturated heterocycles. The zero-order valence-electron chi connectivity index (χ0n) is 10.7. The molecule has 122 valence electrons. The molecule has 0 aliphatic carbocycles. The number of halogens is 5. The number of nitro groups is 1. The van der Waals surface area contributed by atoms with Crippen LogP contribution >= 0.6 is 0 Å². The highest BCUT2D eigenvalue weighted by Gasteiger charge is 2.37. The van der Waals surface area contributed by atoms with Crippen LogP contribution in [0.1, 0.15) is 17.6 Å². The fourth-order valence-electron chi connectivity index (χ4n) is 1.52. The molecule has 0 fully saturated rings. The van der Waals surface area contributed by atoms with Gasteiger partial charge in [-0.2, -0.15) is 0 Å². The molecule has 1 heterocycles. The standard InChI is InChI=1S/C10H7F5N2O5/c1-21-6(18)2-4-5(22-10(13,14)15)3-16-9(17(19)20)7(4)8(11)12/h3,8H,2H2,1H3. The van der Waals surface area contributed by atoms with E-state index in [-0.39, 0.29) is 6.20 Å². The Balaban J connectivity index is 3.54. The molecule has 1 aromatic rings. The van der Waals surface area contributed by atoms with Gasteiger partial charge in [-0.1, -0.05) is 0 Å². The minimum atomic E-state index is -5.26. The van der Waals surface area contributed by atoms with E-state index in [1.54, 1.807) is 0 Å². The molecular formula is C10H7F5N2O5. The minimum Gasteiger partial charge on any atom is -0.469 e. The summed E-state index contributed by atoms with van der Waals surface area (Å²) in [5, 5.41) is 10.7. The number of pyridine rings is 1. The SMILES string of the molecule is COC(=O)Cc1c(OC(F)(F)F)cnc([N+](=O)[O-])c1C(F)F. The lowest BCUT2D eigenvalue weighted by Gasteiger charge is -2.14. The van der Waals surface area contributed by atoms with Crippen LogP contribution in [0.2, 0.25) is 0 Å². The summed E-state index contributed by atoms with van der Waals surface area (Å²) >= 11 is 0. The maximum Gasteiger partial charge on any atom is 0.573 e. The van der Waals surface area contributed by atoms with E-state index in [0.29, 0.717) is 0 Å². The zero-order chi connectivity index (χ0) is 17.1. The summed E-state index contributed by atoms with van der Waals surface area (Å²) in [7, 11) is 0.865. The number of hydrogen-bond acceptors (Lipinski definition) is 6. The van der Waals surface area contributed by atoms with Gasteiger partial charge >= 0.3 is 18.1 Å². The molecule has 1 rings (SSSR count). The van der Waals surface area contributed by atoms with Crippen LogP contribution in [0.5, 0.6) is 5.75 Å². The first-order chi connectivity index (χ1) is 10.1. The maximum atomic E-state index is 13.0. The molecule has 12 heteroatoms. The molecular weight excluding hydrogens is 323 g/mol. The first-order valence-electron chi connectivity index (χ1n) is 5.33. The normalized spacial score (nSPS) is 11.4. The predicted octanol–water partition coefficient (Wildman–Crippen LogP) is 2.54. The van der Waals surface area contributed by atoms with Crippen molar-refractivity contribution < 1.29 is 41.1 Å². The lowest BCUT2D eigenvalue weighted by Crippen LogP contribution is -2.20. The van der Waals surface area contributed by atoms with Crippen LogP contribution in [0.4, 0.5) is 27.8 Å². The highest BCUT2D eigenvalue weighted by molar-refractivity contribution is 5.74. The number of hydrogen-bond donors (Lipinski definition) is 0. The van der Waals surface area contributed by atoms with Crippen molar-refractivity contribution >= 4 is 11.8 Å². The predicted molar refractivity (Wildman–Crippen MR) is 58.3 cm³/mol. The van der Waals surface area contributed by atoms with Gasteiger partial charge in [0.15, 0.2) is 11.9 Å². The van der Waals surface area contributed by atoms with Crippen LogP contribution in [0, 0.1) is 10.1 Å². The second kappa shape index (κ2) is 6.49. The van der Waals surface area contributed by atoms with Crippen LogP contribution in [-0.2, 0) is 16.0 Å². The number of carbonyl (C=O) groups is 1. The third-order valence-corrected chi connectivity index (χ3v) is 2.33. The molecule has 7 nitrogen and oxygen atoms in total. The Hall–Kier alpha value is -2.53. The first-order valence-corrected chi connectivity index (χ1v) is 5.33. The molecule has 0 aliphatic heterocycles. The van der Waals surface area contributed by atoms with Crippen molar-refractivity contribution in [2.45, 2.75) is 19.2 Å². The summed E-state index contributed by atoms with van der Waals surface area (Å²) in [6, 6.07) is 0. The van der Waals surface area contributed by atoms with Gasteiger partial charge in [0.05, 0.1) is 13.5 Å². The highest BCUT2D eigenvalue weighted by atomic mass is 19.4. The molecule has 0 bridgehead atoms. The second-order valence-corrected chi connectivity index (χ2v) is 3.70. The summed E-state index contributed by atoms with van der Waals surface area (Å²) in [6.45, 7) is 0. The fraction of sp³-hybridized carbons (Fsp3) is 0.400. The Kier molecular flexibility index (Phi) is 5.17. The van der Waals surface area contributed by atoms with Gasteiger partial charge < -0.3 is 19.6 Å². The van der Waals surface area contributed by atoms with Crippen LogP contribution in [0.3, 0.4) is 0 Å². The van der Waals surface area contributed by atoms with E-state index in [9.17, 15) is 36.9 Å². The van der Waals surface area contributed by atoms with E-state index < -0.39 is 52.8 Å². The smallest absolute Gasteiger partial charge is 0.469 e. The van der Waals surface area contributed by atoms with Crippen molar-refractivity contribution in [3.05, 3.63) is 27.4 Å². The fourth-order valence-corrected chi connectivity index (χ4v) is 1.52.